The summed E-state index contributed by atoms with van der Waals surface area (Å²) in [5.41, 5.74) is 0. The van der Waals surface area contributed by atoms with E-state index in [1.54, 1.807) is 0 Å². The summed E-state index contributed by atoms with van der Waals surface area (Å²) in [6, 6.07) is -1.07. The maximum Gasteiger partial charge on any atom is 0.267 e. The molecule has 0 aromatic rings. The molecule has 0 aliphatic carbocycles. The van der Waals surface area contributed by atoms with Crippen LogP contribution < -0.4 is 5.32 Å². The predicted octanol–water partition coefficient (Wildman–Crippen LogP) is 13.3. The molecule has 0 saturated heterocycles. The van der Waals surface area contributed by atoms with Crippen molar-refractivity contribution in [3.05, 3.63) is 36.5 Å². The van der Waals surface area contributed by atoms with Gasteiger partial charge < -0.3 is 10.4 Å². The van der Waals surface area contributed by atoms with E-state index in [9.17, 15) is 22.9 Å². The summed E-state index contributed by atoms with van der Waals surface area (Å²) in [5, 5.41) is 13.2. The first kappa shape index (κ1) is 50.6. The number of carbonyl (C=O) groups excluding carboxylic acids is 1. The number of nitrogens with one attached hydrogen (secondary N) is 1. The molecule has 0 heterocycles. The van der Waals surface area contributed by atoms with Gasteiger partial charge in [0.1, 0.15) is 0 Å². The minimum absolute atomic E-state index is 0.287. The minimum Gasteiger partial charge on any atom is -0.387 e. The van der Waals surface area contributed by atoms with Gasteiger partial charge in [0.25, 0.3) is 10.1 Å². The van der Waals surface area contributed by atoms with E-state index in [0.29, 0.717) is 0 Å². The van der Waals surface area contributed by atoms with Crippen LogP contribution in [0, 0.1) is 0 Å². The lowest BCUT2D eigenvalue weighted by Gasteiger charge is -2.21. The first-order valence-corrected chi connectivity index (χ1v) is 23.8. The highest BCUT2D eigenvalue weighted by Gasteiger charge is 2.24. The summed E-state index contributed by atoms with van der Waals surface area (Å²) in [6.45, 7) is 4.53. The molecule has 0 aliphatic heterocycles. The van der Waals surface area contributed by atoms with Gasteiger partial charge in [0.05, 0.1) is 17.9 Å². The van der Waals surface area contributed by atoms with Gasteiger partial charge in [-0.3, -0.25) is 9.35 Å². The zero-order chi connectivity index (χ0) is 38.2. The second-order valence-electron chi connectivity index (χ2n) is 15.3. The average molecular weight is 752 g/mol. The van der Waals surface area contributed by atoms with Crippen molar-refractivity contribution >= 4 is 16.0 Å². The molecule has 0 spiro atoms. The summed E-state index contributed by atoms with van der Waals surface area (Å²) in [7, 11) is -4.35. The van der Waals surface area contributed by atoms with E-state index in [1.807, 2.05) is 6.08 Å². The zero-order valence-corrected chi connectivity index (χ0v) is 35.0. The molecule has 2 unspecified atom stereocenters. The van der Waals surface area contributed by atoms with Crippen molar-refractivity contribution in [2.24, 2.45) is 0 Å². The third-order valence-corrected chi connectivity index (χ3v) is 10.8. The van der Waals surface area contributed by atoms with Crippen LogP contribution in [0.25, 0.3) is 0 Å². The Hall–Kier alpha value is -1.44. The maximum absolute atomic E-state index is 12.5. The van der Waals surface area contributed by atoms with Crippen LogP contribution >= 0.6 is 0 Å². The quantitative estimate of drug-likeness (QED) is 0.0328. The van der Waals surface area contributed by atoms with E-state index in [1.165, 1.54) is 173 Å². The molecule has 1 amide bonds. The van der Waals surface area contributed by atoms with E-state index in [-0.39, 0.29) is 12.3 Å². The van der Waals surface area contributed by atoms with E-state index in [0.717, 1.165) is 38.5 Å². The minimum atomic E-state index is -4.35. The summed E-state index contributed by atoms with van der Waals surface area (Å²) in [5.74, 6) is -0.999. The number of aliphatic hydroxyl groups is 1. The predicted molar refractivity (Wildman–Crippen MR) is 225 cm³/mol. The van der Waals surface area contributed by atoms with E-state index < -0.39 is 28.0 Å². The largest absolute Gasteiger partial charge is 0.387 e. The van der Waals surface area contributed by atoms with Crippen LogP contribution in [0.15, 0.2) is 36.5 Å². The molecule has 0 radical (unpaired) electrons. The number of rotatable bonds is 40. The highest BCUT2D eigenvalue weighted by molar-refractivity contribution is 7.85. The van der Waals surface area contributed by atoms with Gasteiger partial charge in [-0.15, -0.1) is 0 Å². The molecule has 0 aliphatic rings. The first-order chi connectivity index (χ1) is 25.3. The SMILES string of the molecule is CCCCCCCCCC/C=C\CCCCCCCCCCCC(=O)NC(CS(=O)(=O)O)C(O)/C=C/CC/C=C/CCCCCCCCCCCC. The fourth-order valence-electron chi connectivity index (χ4n) is 6.70. The van der Waals surface area contributed by atoms with E-state index in [4.69, 9.17) is 0 Å². The average Bonchev–Trinajstić information content (AvgIpc) is 3.11. The van der Waals surface area contributed by atoms with Crippen LogP contribution in [0.5, 0.6) is 0 Å². The molecule has 7 heteroatoms. The summed E-state index contributed by atoms with van der Waals surface area (Å²) >= 11 is 0. The van der Waals surface area contributed by atoms with Gasteiger partial charge in [-0.1, -0.05) is 198 Å². The van der Waals surface area contributed by atoms with Gasteiger partial charge >= 0.3 is 0 Å². The third-order valence-electron chi connectivity index (χ3n) is 10.0. The molecule has 0 aromatic carbocycles. The van der Waals surface area contributed by atoms with Gasteiger partial charge in [-0.25, -0.2) is 0 Å². The van der Waals surface area contributed by atoms with Gasteiger partial charge in [0.15, 0.2) is 0 Å². The fourth-order valence-corrected chi connectivity index (χ4v) is 7.43. The van der Waals surface area contributed by atoms with Gasteiger partial charge in [-0.2, -0.15) is 8.42 Å². The van der Waals surface area contributed by atoms with E-state index in [2.05, 4.69) is 43.5 Å². The molecular weight excluding hydrogens is 667 g/mol. The molecule has 6 nitrogen and oxygen atoms in total. The van der Waals surface area contributed by atoms with Crippen molar-refractivity contribution in [3.8, 4) is 0 Å². The lowest BCUT2D eigenvalue weighted by Crippen LogP contribution is -2.46. The van der Waals surface area contributed by atoms with Crippen molar-refractivity contribution in [2.45, 2.75) is 238 Å². The number of hydrogen-bond donors (Lipinski definition) is 3. The monoisotopic (exact) mass is 752 g/mol. The Morgan fingerprint density at radius 1 is 0.500 bits per heavy atom. The molecular formula is C45H85NO5S. The fraction of sp³-hybridized carbons (Fsp3) is 0.844. The smallest absolute Gasteiger partial charge is 0.267 e. The lowest BCUT2D eigenvalue weighted by molar-refractivity contribution is -0.122. The standard InChI is InChI=1S/C45H85NO5S/c1-3-5-7-9-11-13-15-17-19-21-22-23-24-25-27-29-31-33-35-37-39-41-45(48)46-43(42-52(49,50)51)44(47)40-38-36-34-32-30-28-26-20-18-16-14-12-10-8-6-4-2/h21-22,30,32,38,40,43-44,47H,3-20,23-29,31,33-37,39,41-42H2,1-2H3,(H,46,48)(H,49,50,51)/b22-21-,32-30+,40-38+. The van der Waals surface area contributed by atoms with Crippen molar-refractivity contribution in [3.63, 3.8) is 0 Å². The Kier molecular flexibility index (Phi) is 38.2. The molecule has 0 rings (SSSR count). The molecule has 0 saturated carbocycles. The Morgan fingerprint density at radius 3 is 1.21 bits per heavy atom. The number of amides is 1. The van der Waals surface area contributed by atoms with Crippen LogP contribution in [0.1, 0.15) is 226 Å². The van der Waals surface area contributed by atoms with Crippen molar-refractivity contribution in [2.75, 3.05) is 5.75 Å². The Morgan fingerprint density at radius 2 is 0.827 bits per heavy atom. The highest BCUT2D eigenvalue weighted by atomic mass is 32.2. The molecule has 0 aromatic heterocycles. The number of hydrogen-bond acceptors (Lipinski definition) is 4. The van der Waals surface area contributed by atoms with Crippen molar-refractivity contribution < 1.29 is 22.9 Å². The van der Waals surface area contributed by atoms with Gasteiger partial charge in [0, 0.05) is 6.42 Å². The Bertz CT molecular complexity index is 961. The Labute approximate surface area is 323 Å². The summed E-state index contributed by atoms with van der Waals surface area (Å²) in [4.78, 5) is 12.5. The van der Waals surface area contributed by atoms with Crippen LogP contribution in [0.2, 0.25) is 0 Å². The molecule has 306 valence electrons. The summed E-state index contributed by atoms with van der Waals surface area (Å²) in [6.07, 6.45) is 51.4. The number of carbonyl (C=O) groups is 1. The Balaban J connectivity index is 3.89. The van der Waals surface area contributed by atoms with Crippen LogP contribution in [-0.4, -0.2) is 41.9 Å². The molecule has 3 N–H and O–H groups in total. The molecule has 0 bridgehead atoms. The lowest BCUT2D eigenvalue weighted by atomic mass is 10.0. The van der Waals surface area contributed by atoms with Gasteiger partial charge in [0.2, 0.25) is 5.91 Å². The first-order valence-electron chi connectivity index (χ1n) is 22.2. The molecule has 52 heavy (non-hydrogen) atoms. The van der Waals surface area contributed by atoms with E-state index >= 15 is 0 Å². The molecule has 0 fully saturated rings. The maximum atomic E-state index is 12.5. The highest BCUT2D eigenvalue weighted by Crippen LogP contribution is 2.14. The van der Waals surface area contributed by atoms with Crippen LogP contribution in [-0.2, 0) is 14.9 Å². The van der Waals surface area contributed by atoms with Crippen molar-refractivity contribution in [1.29, 1.82) is 0 Å². The van der Waals surface area contributed by atoms with Crippen LogP contribution in [0.4, 0.5) is 0 Å². The third kappa shape index (κ3) is 39.8. The number of unbranched alkanes of at least 4 members (excludes halogenated alkanes) is 28. The summed E-state index contributed by atoms with van der Waals surface area (Å²) < 4.78 is 32.5. The normalized spacial score (nSPS) is 13.5. The number of aliphatic hydroxyl groups excluding tert-OH is 1. The van der Waals surface area contributed by atoms with Crippen LogP contribution in [0.3, 0.4) is 0 Å². The molecule has 2 atom stereocenters. The second kappa shape index (κ2) is 39.3. The zero-order valence-electron chi connectivity index (χ0n) is 34.2. The topological polar surface area (TPSA) is 104 Å². The second-order valence-corrected chi connectivity index (χ2v) is 16.8. The van der Waals surface area contributed by atoms with Crippen molar-refractivity contribution in [1.82, 2.24) is 5.32 Å². The van der Waals surface area contributed by atoms with Gasteiger partial charge in [-0.05, 0) is 57.8 Å². The number of allylic oxidation sites excluding steroid dienone is 5.